The van der Waals surface area contributed by atoms with Crippen molar-refractivity contribution in [2.45, 2.75) is 56.3 Å². The van der Waals surface area contributed by atoms with E-state index in [1.807, 2.05) is 11.6 Å². The molecule has 0 fully saturated rings. The second kappa shape index (κ2) is 15.8. The summed E-state index contributed by atoms with van der Waals surface area (Å²) in [6.45, 7) is -0.924. The van der Waals surface area contributed by atoms with Gasteiger partial charge in [-0.3, -0.25) is 24.0 Å². The molecule has 0 rings (SSSR count). The third kappa shape index (κ3) is 12.6. The Morgan fingerprint density at radius 2 is 1.33 bits per heavy atom. The third-order valence-electron chi connectivity index (χ3n) is 4.36. The quantitative estimate of drug-likeness (QED) is 0.0997. The van der Waals surface area contributed by atoms with Crippen LogP contribution in [0.3, 0.4) is 0 Å². The lowest BCUT2D eigenvalue weighted by atomic mass is 10.1. The highest BCUT2D eigenvalue weighted by molar-refractivity contribution is 7.98. The number of carbonyl (C=O) groups is 6. The van der Waals surface area contributed by atoms with Gasteiger partial charge in [-0.2, -0.15) is 11.8 Å². The van der Waals surface area contributed by atoms with Crippen molar-refractivity contribution in [3.05, 3.63) is 0 Å². The molecule has 15 heteroatoms. The third-order valence-corrected chi connectivity index (χ3v) is 5.00. The van der Waals surface area contributed by atoms with Crippen molar-refractivity contribution < 1.29 is 44.1 Å². The van der Waals surface area contributed by atoms with Crippen LogP contribution in [0.25, 0.3) is 0 Å². The summed E-state index contributed by atoms with van der Waals surface area (Å²) >= 11 is 1.47. The van der Waals surface area contributed by atoms with Crippen molar-refractivity contribution >= 4 is 47.3 Å². The van der Waals surface area contributed by atoms with Gasteiger partial charge in [0.1, 0.15) is 18.1 Å². The number of hydrogen-bond donors (Lipinski definition) is 8. The van der Waals surface area contributed by atoms with Crippen molar-refractivity contribution in [2.24, 2.45) is 11.5 Å². The maximum Gasteiger partial charge on any atom is 0.326 e. The Morgan fingerprint density at radius 3 is 1.82 bits per heavy atom. The fourth-order valence-electron chi connectivity index (χ4n) is 2.47. The lowest BCUT2D eigenvalue weighted by molar-refractivity contribution is -0.143. The molecule has 0 radical (unpaired) electrons. The zero-order chi connectivity index (χ0) is 25.6. The standard InChI is InChI=1S/C18H31N5O9S/c1-33-7-6-9(19)15(28)21-10(2-4-13(20)25)16(29)23-12(8-24)17(30)22-11(18(31)32)3-5-14(26)27/h9-12,24H,2-8,19H2,1H3,(H2,20,25)(H,21,28)(H,22,30)(H,23,29)(H,26,27)(H,31,32). The van der Waals surface area contributed by atoms with Crippen LogP contribution >= 0.6 is 11.8 Å². The van der Waals surface area contributed by atoms with Crippen LogP contribution in [0.5, 0.6) is 0 Å². The molecular formula is C18H31N5O9S. The Bertz CT molecular complexity index is 721. The molecule has 0 aliphatic carbocycles. The first-order chi connectivity index (χ1) is 15.4. The first-order valence-corrected chi connectivity index (χ1v) is 11.3. The van der Waals surface area contributed by atoms with Crippen molar-refractivity contribution in [1.82, 2.24) is 16.0 Å². The second-order valence-electron chi connectivity index (χ2n) is 7.03. The maximum absolute atomic E-state index is 12.6. The van der Waals surface area contributed by atoms with Crippen molar-refractivity contribution in [1.29, 1.82) is 0 Å². The predicted octanol–water partition coefficient (Wildman–Crippen LogP) is -3.27. The molecule has 0 aromatic heterocycles. The summed E-state index contributed by atoms with van der Waals surface area (Å²) < 4.78 is 0. The van der Waals surface area contributed by atoms with Crippen LogP contribution in [0.15, 0.2) is 0 Å². The summed E-state index contributed by atoms with van der Waals surface area (Å²) in [6.07, 6.45) is 0.707. The summed E-state index contributed by atoms with van der Waals surface area (Å²) in [7, 11) is 0. The number of carboxylic acid groups (broad SMARTS) is 2. The summed E-state index contributed by atoms with van der Waals surface area (Å²) in [5.41, 5.74) is 10.9. The highest BCUT2D eigenvalue weighted by Crippen LogP contribution is 2.04. The predicted molar refractivity (Wildman–Crippen MR) is 117 cm³/mol. The van der Waals surface area contributed by atoms with Crippen LogP contribution in [-0.2, 0) is 28.8 Å². The van der Waals surface area contributed by atoms with E-state index >= 15 is 0 Å². The van der Waals surface area contributed by atoms with Crippen LogP contribution in [0.1, 0.15) is 32.1 Å². The smallest absolute Gasteiger partial charge is 0.326 e. The Balaban J connectivity index is 5.26. The number of aliphatic hydroxyl groups is 1. The molecule has 0 aromatic carbocycles. The Hall–Kier alpha value is -2.91. The number of aliphatic hydroxyl groups excluding tert-OH is 1. The van der Waals surface area contributed by atoms with Crippen molar-refractivity contribution in [3.8, 4) is 0 Å². The first kappa shape index (κ1) is 30.1. The normalized spacial score (nSPS) is 14.3. The fourth-order valence-corrected chi connectivity index (χ4v) is 2.96. The van der Waals surface area contributed by atoms with Gasteiger partial charge in [0.25, 0.3) is 0 Å². The number of carbonyl (C=O) groups excluding carboxylic acids is 4. The second-order valence-corrected chi connectivity index (χ2v) is 8.02. The average molecular weight is 494 g/mol. The van der Waals surface area contributed by atoms with Gasteiger partial charge in [0.15, 0.2) is 0 Å². The minimum absolute atomic E-state index is 0.210. The lowest BCUT2D eigenvalue weighted by Gasteiger charge is -2.24. The number of primary amides is 1. The number of rotatable bonds is 17. The summed E-state index contributed by atoms with van der Waals surface area (Å²) in [5.74, 6) is -5.61. The number of hydrogen-bond acceptors (Lipinski definition) is 9. The van der Waals surface area contributed by atoms with Crippen LogP contribution in [-0.4, -0.2) is 93.7 Å². The van der Waals surface area contributed by atoms with E-state index < -0.39 is 79.2 Å². The van der Waals surface area contributed by atoms with Gasteiger partial charge in [0, 0.05) is 12.8 Å². The van der Waals surface area contributed by atoms with E-state index in [9.17, 15) is 33.9 Å². The maximum atomic E-state index is 12.6. The van der Waals surface area contributed by atoms with Gasteiger partial charge in [0.2, 0.25) is 23.6 Å². The van der Waals surface area contributed by atoms with E-state index in [2.05, 4.69) is 10.6 Å². The molecule has 4 unspecified atom stereocenters. The molecule has 14 nitrogen and oxygen atoms in total. The van der Waals surface area contributed by atoms with Crippen LogP contribution in [0.2, 0.25) is 0 Å². The highest BCUT2D eigenvalue weighted by Gasteiger charge is 2.30. The van der Waals surface area contributed by atoms with Crippen molar-refractivity contribution in [3.63, 3.8) is 0 Å². The van der Waals surface area contributed by atoms with Gasteiger partial charge in [-0.05, 0) is 31.3 Å². The van der Waals surface area contributed by atoms with Gasteiger partial charge in [0.05, 0.1) is 12.6 Å². The van der Waals surface area contributed by atoms with E-state index in [0.29, 0.717) is 12.2 Å². The van der Waals surface area contributed by atoms with Crippen molar-refractivity contribution in [2.75, 3.05) is 18.6 Å². The van der Waals surface area contributed by atoms with Crippen LogP contribution < -0.4 is 27.4 Å². The number of carboxylic acids is 2. The number of aliphatic carboxylic acids is 2. The highest BCUT2D eigenvalue weighted by atomic mass is 32.2. The Kier molecular flexibility index (Phi) is 14.4. The number of nitrogens with one attached hydrogen (secondary N) is 3. The molecule has 33 heavy (non-hydrogen) atoms. The number of amides is 4. The molecule has 0 aliphatic rings. The summed E-state index contributed by atoms with van der Waals surface area (Å²) in [4.78, 5) is 70.2. The Morgan fingerprint density at radius 1 is 0.818 bits per heavy atom. The average Bonchev–Trinajstić information content (AvgIpc) is 2.74. The molecule has 0 aliphatic heterocycles. The zero-order valence-corrected chi connectivity index (χ0v) is 18.9. The summed E-state index contributed by atoms with van der Waals surface area (Å²) in [5, 5.41) is 33.9. The molecule has 0 saturated carbocycles. The van der Waals surface area contributed by atoms with E-state index in [-0.39, 0.29) is 12.8 Å². The minimum atomic E-state index is -1.61. The zero-order valence-electron chi connectivity index (χ0n) is 18.1. The first-order valence-electron chi connectivity index (χ1n) is 9.92. The Labute approximate surface area is 194 Å². The van der Waals surface area contributed by atoms with E-state index in [4.69, 9.17) is 21.7 Å². The molecule has 0 saturated heterocycles. The van der Waals surface area contributed by atoms with Gasteiger partial charge in [-0.1, -0.05) is 0 Å². The monoisotopic (exact) mass is 493 g/mol. The molecular weight excluding hydrogens is 462 g/mol. The van der Waals surface area contributed by atoms with Crippen LogP contribution in [0, 0.1) is 0 Å². The molecule has 4 atom stereocenters. The SMILES string of the molecule is CSCCC(N)C(=O)NC(CCC(N)=O)C(=O)NC(CO)C(=O)NC(CCC(=O)O)C(=O)O. The molecule has 0 aromatic rings. The summed E-state index contributed by atoms with van der Waals surface area (Å²) in [6, 6.07) is -5.42. The van der Waals surface area contributed by atoms with Crippen LogP contribution in [0.4, 0.5) is 0 Å². The fraction of sp³-hybridized carbons (Fsp3) is 0.667. The number of nitrogens with two attached hydrogens (primary N) is 2. The molecule has 0 bridgehead atoms. The molecule has 4 amide bonds. The molecule has 10 N–H and O–H groups in total. The lowest BCUT2D eigenvalue weighted by Crippen LogP contribution is -2.58. The van der Waals surface area contributed by atoms with Gasteiger partial charge >= 0.3 is 11.9 Å². The van der Waals surface area contributed by atoms with E-state index in [1.54, 1.807) is 0 Å². The van der Waals surface area contributed by atoms with E-state index in [0.717, 1.165) is 0 Å². The molecule has 0 spiro atoms. The minimum Gasteiger partial charge on any atom is -0.481 e. The topological polar surface area (TPSA) is 251 Å². The van der Waals surface area contributed by atoms with Gasteiger partial charge in [-0.15, -0.1) is 0 Å². The molecule has 188 valence electrons. The van der Waals surface area contributed by atoms with Gasteiger partial charge < -0.3 is 42.7 Å². The van der Waals surface area contributed by atoms with Gasteiger partial charge in [-0.25, -0.2) is 4.79 Å². The molecule has 0 heterocycles. The number of thioether (sulfide) groups is 1. The largest absolute Gasteiger partial charge is 0.481 e. The van der Waals surface area contributed by atoms with E-state index in [1.165, 1.54) is 11.8 Å².